The molecule has 0 unspecified atom stereocenters. The van der Waals surface area contributed by atoms with Gasteiger partial charge in [0.2, 0.25) is 10.0 Å². The van der Waals surface area contributed by atoms with Crippen molar-refractivity contribution in [1.29, 1.82) is 0 Å². The molecule has 0 amide bonds. The molecule has 0 spiro atoms. The number of nitrogens with zero attached hydrogens (tertiary/aromatic N) is 1. The number of hydrogen-bond donors (Lipinski definition) is 2. The summed E-state index contributed by atoms with van der Waals surface area (Å²) in [5, 5.41) is 9.52. The van der Waals surface area contributed by atoms with Crippen LogP contribution in [0.2, 0.25) is 5.02 Å². The lowest BCUT2D eigenvalue weighted by Gasteiger charge is -2.33. The van der Waals surface area contributed by atoms with Crippen LogP contribution in [0, 0.1) is 0 Å². The molecule has 102 valence electrons. The van der Waals surface area contributed by atoms with Gasteiger partial charge in [-0.3, -0.25) is 0 Å². The molecule has 0 radical (unpaired) electrons. The van der Waals surface area contributed by atoms with Crippen molar-refractivity contribution < 1.29 is 13.5 Å². The third-order valence-electron chi connectivity index (χ3n) is 2.85. The van der Waals surface area contributed by atoms with E-state index in [1.54, 1.807) is 13.8 Å². The van der Waals surface area contributed by atoms with Gasteiger partial charge in [-0.25, -0.2) is 8.42 Å². The third kappa shape index (κ3) is 2.77. The van der Waals surface area contributed by atoms with Gasteiger partial charge in [0.1, 0.15) is 4.90 Å². The van der Waals surface area contributed by atoms with Gasteiger partial charge in [0, 0.05) is 12.1 Å². The summed E-state index contributed by atoms with van der Waals surface area (Å²) in [6, 6.07) is 4.26. The van der Waals surface area contributed by atoms with Gasteiger partial charge >= 0.3 is 0 Å². The fraction of sp³-hybridized carbons (Fsp3) is 0.455. The summed E-state index contributed by atoms with van der Waals surface area (Å²) in [4.78, 5) is -0.0565. The smallest absolute Gasteiger partial charge is 0.245 e. The molecule has 7 heteroatoms. The molecule has 0 bridgehead atoms. The number of rotatable bonds is 4. The molecule has 0 aromatic heterocycles. The minimum absolute atomic E-state index is 0.0565. The normalized spacial score (nSPS) is 13.0. The maximum Gasteiger partial charge on any atom is 0.245 e. The van der Waals surface area contributed by atoms with Gasteiger partial charge in [0.25, 0.3) is 0 Å². The standard InChI is InChI=1S/C11H17ClN2O3S/c1-11(2,7-15)14(3)18(16,17)10-6-8(12)4-5-9(10)13/h4-6,15H,7,13H2,1-3H3. The lowest BCUT2D eigenvalue weighted by Crippen LogP contribution is -2.47. The van der Waals surface area contributed by atoms with Gasteiger partial charge in [0.15, 0.2) is 0 Å². The summed E-state index contributed by atoms with van der Waals surface area (Å²) in [6.07, 6.45) is 0. The average molecular weight is 293 g/mol. The molecule has 0 saturated carbocycles. The van der Waals surface area contributed by atoms with Gasteiger partial charge < -0.3 is 10.8 Å². The molecule has 0 heterocycles. The van der Waals surface area contributed by atoms with Gasteiger partial charge in [0.05, 0.1) is 17.8 Å². The number of anilines is 1. The number of nitrogen functional groups attached to an aromatic ring is 1. The lowest BCUT2D eigenvalue weighted by atomic mass is 10.1. The molecule has 1 aromatic carbocycles. The van der Waals surface area contributed by atoms with E-state index < -0.39 is 15.6 Å². The van der Waals surface area contributed by atoms with Crippen LogP contribution < -0.4 is 5.73 Å². The first-order valence-corrected chi connectivity index (χ1v) is 7.09. The van der Waals surface area contributed by atoms with Crippen LogP contribution in [0.4, 0.5) is 5.69 Å². The Morgan fingerprint density at radius 2 is 2.00 bits per heavy atom. The number of halogens is 1. The van der Waals surface area contributed by atoms with E-state index in [1.165, 1.54) is 25.2 Å². The van der Waals surface area contributed by atoms with Crippen molar-refractivity contribution in [3.63, 3.8) is 0 Å². The molecule has 0 fully saturated rings. The van der Waals surface area contributed by atoms with Crippen LogP contribution >= 0.6 is 11.6 Å². The highest BCUT2D eigenvalue weighted by Crippen LogP contribution is 2.28. The second-order valence-corrected chi connectivity index (χ2v) is 7.00. The topological polar surface area (TPSA) is 83.6 Å². The van der Waals surface area contributed by atoms with E-state index in [2.05, 4.69) is 0 Å². The minimum Gasteiger partial charge on any atom is -0.398 e. The van der Waals surface area contributed by atoms with E-state index >= 15 is 0 Å². The molecule has 18 heavy (non-hydrogen) atoms. The molecule has 1 aromatic rings. The SMILES string of the molecule is CN(C(C)(C)CO)S(=O)(=O)c1cc(Cl)ccc1N. The largest absolute Gasteiger partial charge is 0.398 e. The Morgan fingerprint density at radius 3 is 2.50 bits per heavy atom. The van der Waals surface area contributed by atoms with Crippen LogP contribution in [-0.2, 0) is 10.0 Å². The van der Waals surface area contributed by atoms with E-state index in [0.717, 1.165) is 4.31 Å². The first kappa shape index (κ1) is 15.2. The van der Waals surface area contributed by atoms with Crippen molar-refractivity contribution in [2.45, 2.75) is 24.3 Å². The van der Waals surface area contributed by atoms with Crippen molar-refractivity contribution >= 4 is 27.3 Å². The summed E-state index contributed by atoms with van der Waals surface area (Å²) in [5.74, 6) is 0. The van der Waals surface area contributed by atoms with E-state index in [4.69, 9.17) is 17.3 Å². The average Bonchev–Trinajstić information content (AvgIpc) is 2.31. The van der Waals surface area contributed by atoms with Gasteiger partial charge in [-0.05, 0) is 32.0 Å². The molecule has 0 atom stereocenters. The Labute approximate surface area is 112 Å². The van der Waals surface area contributed by atoms with E-state index in [9.17, 15) is 13.5 Å². The minimum atomic E-state index is -3.80. The highest BCUT2D eigenvalue weighted by atomic mass is 35.5. The molecular formula is C11H17ClN2O3S. The molecule has 3 N–H and O–H groups in total. The molecule has 0 saturated heterocycles. The Hall–Kier alpha value is -0.820. The van der Waals surface area contributed by atoms with Crippen LogP contribution in [0.1, 0.15) is 13.8 Å². The highest BCUT2D eigenvalue weighted by Gasteiger charge is 2.34. The first-order chi connectivity index (χ1) is 8.13. The Morgan fingerprint density at radius 1 is 1.44 bits per heavy atom. The van der Waals surface area contributed by atoms with Crippen LogP contribution in [0.25, 0.3) is 0 Å². The number of benzene rings is 1. The zero-order valence-electron chi connectivity index (χ0n) is 10.5. The summed E-state index contributed by atoms with van der Waals surface area (Å²) in [5.41, 5.74) is 4.87. The zero-order valence-corrected chi connectivity index (χ0v) is 12.1. The number of aliphatic hydroxyl groups excluding tert-OH is 1. The van der Waals surface area contributed by atoms with E-state index in [-0.39, 0.29) is 22.2 Å². The lowest BCUT2D eigenvalue weighted by molar-refractivity contribution is 0.138. The highest BCUT2D eigenvalue weighted by molar-refractivity contribution is 7.89. The Bertz CT molecular complexity index is 543. The van der Waals surface area contributed by atoms with E-state index in [1.807, 2.05) is 0 Å². The van der Waals surface area contributed by atoms with Crippen LogP contribution in [-0.4, -0.2) is 37.0 Å². The number of nitrogens with two attached hydrogens (primary N) is 1. The summed E-state index contributed by atoms with van der Waals surface area (Å²) < 4.78 is 25.9. The molecule has 0 aliphatic rings. The second-order valence-electron chi connectivity index (χ2n) is 4.63. The van der Waals surface area contributed by atoms with Gasteiger partial charge in [-0.1, -0.05) is 11.6 Å². The van der Waals surface area contributed by atoms with Crippen LogP contribution in [0.5, 0.6) is 0 Å². The molecule has 5 nitrogen and oxygen atoms in total. The second kappa shape index (κ2) is 5.05. The maximum atomic E-state index is 12.4. The number of sulfonamides is 1. The van der Waals surface area contributed by atoms with Crippen molar-refractivity contribution in [2.75, 3.05) is 19.4 Å². The molecule has 1 rings (SSSR count). The van der Waals surface area contributed by atoms with Crippen molar-refractivity contribution in [3.8, 4) is 0 Å². The third-order valence-corrected chi connectivity index (χ3v) is 5.21. The quantitative estimate of drug-likeness (QED) is 0.820. The van der Waals surface area contributed by atoms with Crippen LogP contribution in [0.15, 0.2) is 23.1 Å². The zero-order chi connectivity index (χ0) is 14.1. The fourth-order valence-electron chi connectivity index (χ4n) is 1.30. The van der Waals surface area contributed by atoms with Gasteiger partial charge in [-0.15, -0.1) is 0 Å². The summed E-state index contributed by atoms with van der Waals surface area (Å²) >= 11 is 5.79. The van der Waals surface area contributed by atoms with Crippen molar-refractivity contribution in [3.05, 3.63) is 23.2 Å². The van der Waals surface area contributed by atoms with Gasteiger partial charge in [-0.2, -0.15) is 4.31 Å². The summed E-state index contributed by atoms with van der Waals surface area (Å²) in [6.45, 7) is 2.93. The number of hydrogen-bond acceptors (Lipinski definition) is 4. The Kier molecular flexibility index (Phi) is 4.27. The van der Waals surface area contributed by atoms with Crippen molar-refractivity contribution in [2.24, 2.45) is 0 Å². The monoisotopic (exact) mass is 292 g/mol. The first-order valence-electron chi connectivity index (χ1n) is 5.28. The molecule has 0 aliphatic heterocycles. The molecular weight excluding hydrogens is 276 g/mol. The number of aliphatic hydroxyl groups is 1. The Balaban J connectivity index is 3.34. The van der Waals surface area contributed by atoms with Crippen LogP contribution in [0.3, 0.4) is 0 Å². The van der Waals surface area contributed by atoms with E-state index in [0.29, 0.717) is 0 Å². The van der Waals surface area contributed by atoms with Crippen molar-refractivity contribution in [1.82, 2.24) is 4.31 Å². The maximum absolute atomic E-state index is 12.4. The number of likely N-dealkylation sites (N-methyl/N-ethyl adjacent to an activating group) is 1. The fourth-order valence-corrected chi connectivity index (χ4v) is 3.19. The predicted octanol–water partition coefficient (Wildman–Crippen LogP) is 1.31. The molecule has 0 aliphatic carbocycles. The summed E-state index contributed by atoms with van der Waals surface area (Å²) in [7, 11) is -2.40. The predicted molar refractivity (Wildman–Crippen MR) is 72.0 cm³/mol.